The summed E-state index contributed by atoms with van der Waals surface area (Å²) in [5, 5.41) is 18.9. The molecule has 0 aromatic heterocycles. The van der Waals surface area contributed by atoms with E-state index in [9.17, 15) is 19.8 Å². The zero-order valence-electron chi connectivity index (χ0n) is 15.6. The van der Waals surface area contributed by atoms with E-state index in [4.69, 9.17) is 9.47 Å². The lowest BCUT2D eigenvalue weighted by molar-refractivity contribution is -0.175. The van der Waals surface area contributed by atoms with Gasteiger partial charge in [0.2, 0.25) is 6.29 Å². The van der Waals surface area contributed by atoms with E-state index >= 15 is 0 Å². The van der Waals surface area contributed by atoms with Crippen LogP contribution in [0.25, 0.3) is 0 Å². The van der Waals surface area contributed by atoms with Crippen LogP contribution >= 0.6 is 0 Å². The lowest BCUT2D eigenvalue weighted by Gasteiger charge is -2.27. The Morgan fingerprint density at radius 1 is 1.12 bits per heavy atom. The van der Waals surface area contributed by atoms with E-state index in [1.54, 1.807) is 33.9 Å². The van der Waals surface area contributed by atoms with Gasteiger partial charge in [-0.25, -0.2) is 4.79 Å². The maximum Gasteiger partial charge on any atom is 0.412 e. The average Bonchev–Trinajstić information content (AvgIpc) is 2.48. The first-order chi connectivity index (χ1) is 11.4. The number of hydrogen-bond donors (Lipinski definition) is 2. The highest BCUT2D eigenvalue weighted by Crippen LogP contribution is 2.26. The van der Waals surface area contributed by atoms with Gasteiger partial charge in [0.05, 0.1) is 5.41 Å². The maximum atomic E-state index is 12.2. The number of rotatable bonds is 5. The number of carbonyl (C=O) groups excluding carboxylic acids is 2. The monoisotopic (exact) mass is 353 g/mol. The van der Waals surface area contributed by atoms with Crippen LogP contribution in [0.3, 0.4) is 0 Å². The van der Waals surface area contributed by atoms with Gasteiger partial charge in [-0.15, -0.1) is 0 Å². The second-order valence-corrected chi connectivity index (χ2v) is 7.09. The van der Waals surface area contributed by atoms with Crippen LogP contribution in [0.4, 0.5) is 4.79 Å². The third kappa shape index (κ3) is 6.17. The molecule has 0 aliphatic rings. The lowest BCUT2D eigenvalue weighted by Crippen LogP contribution is -2.39. The van der Waals surface area contributed by atoms with Crippen LogP contribution in [0.1, 0.15) is 40.2 Å². The van der Waals surface area contributed by atoms with Crippen LogP contribution in [-0.2, 0) is 20.7 Å². The van der Waals surface area contributed by atoms with Gasteiger partial charge in [0.1, 0.15) is 0 Å². The van der Waals surface area contributed by atoms with E-state index in [1.807, 2.05) is 6.92 Å². The first-order valence-corrected chi connectivity index (χ1v) is 8.07. The number of amides is 1. The molecule has 0 bridgehead atoms. The van der Waals surface area contributed by atoms with Gasteiger partial charge in [-0.05, 0) is 51.8 Å². The molecule has 2 atom stereocenters. The van der Waals surface area contributed by atoms with Crippen molar-refractivity contribution in [3.05, 3.63) is 23.8 Å². The average molecular weight is 353 g/mol. The van der Waals surface area contributed by atoms with Gasteiger partial charge in [-0.3, -0.25) is 4.79 Å². The molecule has 0 radical (unpaired) electrons. The Morgan fingerprint density at radius 3 is 2.24 bits per heavy atom. The molecule has 25 heavy (non-hydrogen) atoms. The highest BCUT2D eigenvalue weighted by Gasteiger charge is 2.27. The number of aromatic hydroxyl groups is 2. The lowest BCUT2D eigenvalue weighted by atomic mass is 9.97. The van der Waals surface area contributed by atoms with Crippen molar-refractivity contribution in [2.75, 3.05) is 7.05 Å². The van der Waals surface area contributed by atoms with Gasteiger partial charge in [0.15, 0.2) is 11.5 Å². The maximum absolute atomic E-state index is 12.2. The van der Waals surface area contributed by atoms with Gasteiger partial charge in [-0.2, -0.15) is 0 Å². The third-order valence-electron chi connectivity index (χ3n) is 3.67. The molecule has 1 amide bonds. The van der Waals surface area contributed by atoms with Gasteiger partial charge in [-0.1, -0.05) is 6.07 Å². The molecule has 1 rings (SSSR count). The number of esters is 1. The molecule has 0 saturated carbocycles. The molecule has 2 N–H and O–H groups in total. The number of phenolic OH excluding ortho intramolecular Hbond substituents is 2. The number of nitrogens with zero attached hydrogens (tertiary/aromatic N) is 1. The SMILES string of the molecule is CC(OC(=O)N(C)C(C)Cc1ccc(O)c(O)c1)OC(=O)C(C)(C)C. The molecule has 0 aliphatic heterocycles. The zero-order valence-corrected chi connectivity index (χ0v) is 15.6. The fourth-order valence-corrected chi connectivity index (χ4v) is 1.93. The molecular weight excluding hydrogens is 326 g/mol. The molecule has 7 nitrogen and oxygen atoms in total. The third-order valence-corrected chi connectivity index (χ3v) is 3.67. The summed E-state index contributed by atoms with van der Waals surface area (Å²) in [5.74, 6) is -0.862. The molecule has 2 unspecified atom stereocenters. The largest absolute Gasteiger partial charge is 0.504 e. The minimum absolute atomic E-state index is 0.196. The van der Waals surface area contributed by atoms with Crippen molar-refractivity contribution in [1.29, 1.82) is 0 Å². The summed E-state index contributed by atoms with van der Waals surface area (Å²) in [6.07, 6.45) is -1.16. The fraction of sp³-hybridized carbons (Fsp3) is 0.556. The van der Waals surface area contributed by atoms with Crippen molar-refractivity contribution < 1.29 is 29.3 Å². The van der Waals surface area contributed by atoms with Gasteiger partial charge >= 0.3 is 12.1 Å². The molecule has 0 fully saturated rings. The second kappa shape index (κ2) is 8.09. The van der Waals surface area contributed by atoms with Crippen molar-refractivity contribution >= 4 is 12.1 Å². The highest BCUT2D eigenvalue weighted by molar-refractivity contribution is 5.75. The van der Waals surface area contributed by atoms with Crippen LogP contribution < -0.4 is 0 Å². The molecule has 0 heterocycles. The van der Waals surface area contributed by atoms with Crippen molar-refractivity contribution in [2.45, 2.75) is 53.4 Å². The summed E-state index contributed by atoms with van der Waals surface area (Å²) in [4.78, 5) is 25.3. The predicted octanol–water partition coefficient (Wildman–Crippen LogP) is 3.03. The molecule has 1 aromatic carbocycles. The standard InChI is InChI=1S/C18H27NO6/c1-11(9-13-7-8-14(20)15(21)10-13)19(6)17(23)25-12(2)24-16(22)18(3,4)5/h7-8,10-12,20-21H,9H2,1-6H3. The Kier molecular flexibility index (Phi) is 6.67. The number of benzene rings is 1. The molecule has 0 aliphatic carbocycles. The predicted molar refractivity (Wildman–Crippen MR) is 92.2 cm³/mol. The Labute approximate surface area is 148 Å². The summed E-state index contributed by atoms with van der Waals surface area (Å²) in [5.41, 5.74) is 0.0791. The summed E-state index contributed by atoms with van der Waals surface area (Å²) in [6.45, 7) is 8.44. The van der Waals surface area contributed by atoms with Crippen LogP contribution in [-0.4, -0.2) is 46.6 Å². The van der Waals surface area contributed by atoms with Gasteiger partial charge in [0.25, 0.3) is 0 Å². The molecule has 0 spiro atoms. The normalized spacial score (nSPS) is 13.7. The summed E-state index contributed by atoms with van der Waals surface area (Å²) in [7, 11) is 1.57. The van der Waals surface area contributed by atoms with E-state index < -0.39 is 23.8 Å². The Morgan fingerprint density at radius 2 is 1.72 bits per heavy atom. The van der Waals surface area contributed by atoms with Gasteiger partial charge in [0, 0.05) is 20.0 Å². The van der Waals surface area contributed by atoms with Crippen molar-refractivity contribution in [2.24, 2.45) is 5.41 Å². The van der Waals surface area contributed by atoms with E-state index in [0.29, 0.717) is 6.42 Å². The molecule has 140 valence electrons. The van der Waals surface area contributed by atoms with Crippen molar-refractivity contribution in [1.82, 2.24) is 4.90 Å². The van der Waals surface area contributed by atoms with Crippen molar-refractivity contribution in [3.8, 4) is 11.5 Å². The van der Waals surface area contributed by atoms with Crippen molar-refractivity contribution in [3.63, 3.8) is 0 Å². The summed E-state index contributed by atoms with van der Waals surface area (Å²) in [6, 6.07) is 4.27. The number of phenols is 2. The smallest absolute Gasteiger partial charge is 0.412 e. The van der Waals surface area contributed by atoms with E-state index in [0.717, 1.165) is 5.56 Å². The number of ether oxygens (including phenoxy) is 2. The van der Waals surface area contributed by atoms with Gasteiger partial charge < -0.3 is 24.6 Å². The quantitative estimate of drug-likeness (QED) is 0.480. The Hall–Kier alpha value is -2.44. The molecule has 7 heteroatoms. The van der Waals surface area contributed by atoms with E-state index in [2.05, 4.69) is 0 Å². The van der Waals surface area contributed by atoms with E-state index in [1.165, 1.54) is 24.0 Å². The van der Waals surface area contributed by atoms with Crippen LogP contribution in [0.2, 0.25) is 0 Å². The minimum atomic E-state index is -0.994. The van der Waals surface area contributed by atoms with Crippen LogP contribution in [0.15, 0.2) is 18.2 Å². The topological polar surface area (TPSA) is 96.3 Å². The number of hydrogen-bond acceptors (Lipinski definition) is 6. The second-order valence-electron chi connectivity index (χ2n) is 7.09. The first-order valence-electron chi connectivity index (χ1n) is 8.07. The summed E-state index contributed by atoms with van der Waals surface area (Å²) < 4.78 is 10.2. The van der Waals surface area contributed by atoms with E-state index in [-0.39, 0.29) is 17.5 Å². The number of carbonyl (C=O) groups is 2. The Bertz CT molecular complexity index is 622. The Balaban J connectivity index is 2.59. The molecular formula is C18H27NO6. The number of likely N-dealkylation sites (N-methyl/N-ethyl adjacent to an activating group) is 1. The highest BCUT2D eigenvalue weighted by atomic mass is 16.7. The van der Waals surface area contributed by atoms with Crippen LogP contribution in [0.5, 0.6) is 11.5 Å². The zero-order chi connectivity index (χ0) is 19.4. The minimum Gasteiger partial charge on any atom is -0.504 e. The van der Waals surface area contributed by atoms with Crippen LogP contribution in [0, 0.1) is 5.41 Å². The first kappa shape index (κ1) is 20.6. The molecule has 0 saturated heterocycles. The molecule has 1 aromatic rings. The fourth-order valence-electron chi connectivity index (χ4n) is 1.93. The summed E-state index contributed by atoms with van der Waals surface area (Å²) >= 11 is 0.